The molecule has 1 aromatic carbocycles. The molecule has 0 aliphatic carbocycles. The summed E-state index contributed by atoms with van der Waals surface area (Å²) in [7, 11) is 0. The minimum Gasteiger partial charge on any atom is -0.324 e. The second-order valence-corrected chi connectivity index (χ2v) is 4.33. The zero-order chi connectivity index (χ0) is 14.5. The first-order chi connectivity index (χ1) is 8.83. The minimum atomic E-state index is -4.31. The highest BCUT2D eigenvalue weighted by atomic mass is 19.4. The molecule has 0 spiro atoms. The molecule has 0 saturated heterocycles. The molecule has 106 valence electrons. The molecule has 0 aliphatic heterocycles. The Labute approximate surface area is 110 Å². The molecule has 19 heavy (non-hydrogen) atoms. The summed E-state index contributed by atoms with van der Waals surface area (Å²) in [5, 5.41) is 2.45. The number of carbonyl (C=O) groups excluding carboxylic acids is 1. The molecule has 0 aliphatic rings. The van der Waals surface area contributed by atoms with Gasteiger partial charge in [0.05, 0.1) is 12.5 Å². The van der Waals surface area contributed by atoms with Crippen LogP contribution in [0.4, 0.5) is 18.9 Å². The third-order valence-corrected chi connectivity index (χ3v) is 2.60. The van der Waals surface area contributed by atoms with Gasteiger partial charge >= 0.3 is 6.18 Å². The molecule has 1 atom stereocenters. The van der Waals surface area contributed by atoms with Crippen LogP contribution < -0.4 is 11.1 Å². The van der Waals surface area contributed by atoms with Gasteiger partial charge in [-0.1, -0.05) is 31.5 Å². The number of nitrogens with two attached hydrogens (primary N) is 1. The summed E-state index contributed by atoms with van der Waals surface area (Å²) in [6, 6.07) is 5.15. The number of benzene rings is 1. The fourth-order valence-corrected chi connectivity index (χ4v) is 1.68. The van der Waals surface area contributed by atoms with Gasteiger partial charge < -0.3 is 11.1 Å². The number of anilines is 1. The maximum absolute atomic E-state index is 12.4. The number of hydrogen-bond donors (Lipinski definition) is 2. The predicted molar refractivity (Wildman–Crippen MR) is 67.7 cm³/mol. The minimum absolute atomic E-state index is 0.0343. The molecule has 0 radical (unpaired) electrons. The Balaban J connectivity index is 2.81. The SMILES string of the molecule is CCCC(N)C(=O)Nc1ccccc1CC(F)(F)F. The average Bonchev–Trinajstić information content (AvgIpc) is 2.30. The molecule has 0 aromatic heterocycles. The van der Waals surface area contributed by atoms with Crippen molar-refractivity contribution in [1.29, 1.82) is 0 Å². The van der Waals surface area contributed by atoms with Gasteiger partial charge in [-0.25, -0.2) is 0 Å². The molecule has 6 heteroatoms. The van der Waals surface area contributed by atoms with Gasteiger partial charge in [-0.15, -0.1) is 0 Å². The van der Waals surface area contributed by atoms with Gasteiger partial charge in [0.25, 0.3) is 0 Å². The molecule has 0 saturated carbocycles. The van der Waals surface area contributed by atoms with Crippen molar-refractivity contribution in [3.8, 4) is 0 Å². The predicted octanol–water partition coefficient (Wildman–Crippen LogP) is 2.86. The van der Waals surface area contributed by atoms with E-state index in [0.29, 0.717) is 6.42 Å². The second kappa shape index (κ2) is 6.56. The van der Waals surface area contributed by atoms with Crippen LogP contribution in [0.5, 0.6) is 0 Å². The zero-order valence-electron chi connectivity index (χ0n) is 10.6. The fraction of sp³-hybridized carbons (Fsp3) is 0.462. The van der Waals surface area contributed by atoms with Crippen LogP contribution in [-0.4, -0.2) is 18.1 Å². The van der Waals surface area contributed by atoms with Gasteiger partial charge in [0.2, 0.25) is 5.91 Å². The highest BCUT2D eigenvalue weighted by Gasteiger charge is 2.29. The van der Waals surface area contributed by atoms with Crippen LogP contribution in [0.1, 0.15) is 25.3 Å². The summed E-state index contributed by atoms with van der Waals surface area (Å²) in [6.45, 7) is 1.88. The molecule has 0 heterocycles. The van der Waals surface area contributed by atoms with Crippen molar-refractivity contribution in [2.24, 2.45) is 5.73 Å². The molecule has 1 amide bonds. The molecule has 1 rings (SSSR count). The average molecular weight is 274 g/mol. The van der Waals surface area contributed by atoms with E-state index in [1.807, 2.05) is 6.92 Å². The molecule has 0 bridgehead atoms. The van der Waals surface area contributed by atoms with Crippen LogP contribution >= 0.6 is 0 Å². The fourth-order valence-electron chi connectivity index (χ4n) is 1.68. The van der Waals surface area contributed by atoms with Crippen LogP contribution in [0.15, 0.2) is 24.3 Å². The van der Waals surface area contributed by atoms with Gasteiger partial charge in [0, 0.05) is 5.69 Å². The summed E-state index contributed by atoms with van der Waals surface area (Å²) in [5.41, 5.74) is 5.82. The number of alkyl halides is 3. The normalized spacial score (nSPS) is 13.1. The van der Waals surface area contributed by atoms with Crippen molar-refractivity contribution in [3.05, 3.63) is 29.8 Å². The van der Waals surface area contributed by atoms with E-state index in [2.05, 4.69) is 5.32 Å². The van der Waals surface area contributed by atoms with Crippen LogP contribution in [0.2, 0.25) is 0 Å². The Morgan fingerprint density at radius 1 is 1.37 bits per heavy atom. The molecule has 1 unspecified atom stereocenters. The smallest absolute Gasteiger partial charge is 0.324 e. The number of nitrogens with one attached hydrogen (secondary N) is 1. The first-order valence-corrected chi connectivity index (χ1v) is 6.04. The van der Waals surface area contributed by atoms with Crippen LogP contribution in [0, 0.1) is 0 Å². The lowest BCUT2D eigenvalue weighted by Gasteiger charge is -2.15. The lowest BCUT2D eigenvalue weighted by atomic mass is 10.1. The number of carbonyl (C=O) groups is 1. The maximum atomic E-state index is 12.4. The summed E-state index contributed by atoms with van der Waals surface area (Å²) >= 11 is 0. The van der Waals surface area contributed by atoms with E-state index in [4.69, 9.17) is 5.73 Å². The number of rotatable bonds is 5. The van der Waals surface area contributed by atoms with Crippen molar-refractivity contribution in [3.63, 3.8) is 0 Å². The van der Waals surface area contributed by atoms with E-state index in [1.165, 1.54) is 18.2 Å². The van der Waals surface area contributed by atoms with E-state index >= 15 is 0 Å². The Kier molecular flexibility index (Phi) is 5.35. The number of amides is 1. The largest absolute Gasteiger partial charge is 0.393 e. The zero-order valence-corrected chi connectivity index (χ0v) is 10.6. The number of para-hydroxylation sites is 1. The monoisotopic (exact) mass is 274 g/mol. The van der Waals surface area contributed by atoms with Crippen molar-refractivity contribution >= 4 is 11.6 Å². The Morgan fingerprint density at radius 2 is 2.00 bits per heavy atom. The second-order valence-electron chi connectivity index (χ2n) is 4.33. The van der Waals surface area contributed by atoms with Crippen molar-refractivity contribution < 1.29 is 18.0 Å². The standard InChI is InChI=1S/C13H17F3N2O/c1-2-5-10(17)12(19)18-11-7-4-3-6-9(11)8-13(14,15)16/h3-4,6-7,10H,2,5,8,17H2,1H3,(H,18,19). The van der Waals surface area contributed by atoms with Crippen LogP contribution in [0.25, 0.3) is 0 Å². The lowest BCUT2D eigenvalue weighted by molar-refractivity contribution is -0.127. The third kappa shape index (κ3) is 5.30. The van der Waals surface area contributed by atoms with Crippen molar-refractivity contribution in [1.82, 2.24) is 0 Å². The van der Waals surface area contributed by atoms with Crippen LogP contribution in [0.3, 0.4) is 0 Å². The summed E-state index contributed by atoms with van der Waals surface area (Å²) in [6.07, 6.45) is -4.16. The maximum Gasteiger partial charge on any atom is 0.393 e. The molecular weight excluding hydrogens is 257 g/mol. The molecule has 3 nitrogen and oxygen atoms in total. The Morgan fingerprint density at radius 3 is 2.58 bits per heavy atom. The molecule has 0 fully saturated rings. The number of hydrogen-bond acceptors (Lipinski definition) is 2. The van der Waals surface area contributed by atoms with Crippen molar-refractivity contribution in [2.75, 3.05) is 5.32 Å². The van der Waals surface area contributed by atoms with Gasteiger partial charge in [-0.2, -0.15) is 13.2 Å². The summed E-state index contributed by atoms with van der Waals surface area (Å²) in [5.74, 6) is -0.462. The van der Waals surface area contributed by atoms with Gasteiger partial charge in [0.15, 0.2) is 0 Å². The highest BCUT2D eigenvalue weighted by molar-refractivity contribution is 5.95. The third-order valence-electron chi connectivity index (χ3n) is 2.60. The van der Waals surface area contributed by atoms with Crippen LogP contribution in [-0.2, 0) is 11.2 Å². The lowest BCUT2D eigenvalue weighted by Crippen LogP contribution is -2.35. The van der Waals surface area contributed by atoms with Gasteiger partial charge in [-0.05, 0) is 18.1 Å². The van der Waals surface area contributed by atoms with E-state index in [0.717, 1.165) is 6.42 Å². The molecule has 1 aromatic rings. The Bertz CT molecular complexity index is 432. The van der Waals surface area contributed by atoms with E-state index < -0.39 is 24.5 Å². The topological polar surface area (TPSA) is 55.1 Å². The van der Waals surface area contributed by atoms with Crippen molar-refractivity contribution in [2.45, 2.75) is 38.4 Å². The Hall–Kier alpha value is -1.56. The summed E-state index contributed by atoms with van der Waals surface area (Å²) in [4.78, 5) is 11.7. The number of halogens is 3. The van der Waals surface area contributed by atoms with Gasteiger partial charge in [0.1, 0.15) is 0 Å². The molecular formula is C13H17F3N2O. The quantitative estimate of drug-likeness (QED) is 0.867. The first kappa shape index (κ1) is 15.5. The van der Waals surface area contributed by atoms with E-state index in [9.17, 15) is 18.0 Å². The van der Waals surface area contributed by atoms with Gasteiger partial charge in [-0.3, -0.25) is 4.79 Å². The molecule has 3 N–H and O–H groups in total. The van der Waals surface area contributed by atoms with E-state index in [1.54, 1.807) is 6.07 Å². The first-order valence-electron chi connectivity index (χ1n) is 6.04. The van der Waals surface area contributed by atoms with E-state index in [-0.39, 0.29) is 11.3 Å². The highest BCUT2D eigenvalue weighted by Crippen LogP contribution is 2.26. The summed E-state index contributed by atoms with van der Waals surface area (Å²) < 4.78 is 37.2.